The van der Waals surface area contributed by atoms with Crippen LogP contribution in [0.25, 0.3) is 93.9 Å². The van der Waals surface area contributed by atoms with Crippen molar-refractivity contribution < 1.29 is 4.42 Å². The van der Waals surface area contributed by atoms with Gasteiger partial charge in [0.25, 0.3) is 0 Å². The molecule has 0 saturated heterocycles. The number of fused-ring (bicyclic) bond motifs is 6. The van der Waals surface area contributed by atoms with Crippen molar-refractivity contribution >= 4 is 60.8 Å². The van der Waals surface area contributed by atoms with Gasteiger partial charge < -0.3 is 13.9 Å². The normalized spacial score (nSPS) is 11.5. The third-order valence-corrected chi connectivity index (χ3v) is 12.4. The highest BCUT2D eigenvalue weighted by atomic mass is 16.3. The first kappa shape index (κ1) is 36.5. The van der Waals surface area contributed by atoms with Crippen molar-refractivity contribution in [3.8, 4) is 50.2 Å². The SMILES string of the molecule is c1ccc(-c2ccc(-c3cccc(N(c4ccc(-c5cccc(-c6ccccc6-n6c7ccccc7c7ccccc76)c5)cc4)c4cccc5oc6ccccc6c45)c3)cc2)cc1. The van der Waals surface area contributed by atoms with Gasteiger partial charge in [-0.1, -0.05) is 176 Å². The second-order valence-corrected chi connectivity index (χ2v) is 16.1. The highest BCUT2D eigenvalue weighted by Crippen LogP contribution is 2.44. The molecule has 10 aromatic carbocycles. The molecule has 0 saturated carbocycles. The van der Waals surface area contributed by atoms with Gasteiger partial charge in [0.15, 0.2) is 0 Å². The molecule has 3 nitrogen and oxygen atoms in total. The van der Waals surface area contributed by atoms with Gasteiger partial charge in [0.1, 0.15) is 11.2 Å². The molecule has 0 spiro atoms. The van der Waals surface area contributed by atoms with Crippen molar-refractivity contribution in [3.05, 3.63) is 243 Å². The maximum Gasteiger partial charge on any atom is 0.137 e. The smallest absolute Gasteiger partial charge is 0.137 e. The first-order valence-corrected chi connectivity index (χ1v) is 21.5. The summed E-state index contributed by atoms with van der Waals surface area (Å²) in [6.45, 7) is 0. The Morgan fingerprint density at radius 1 is 0.317 bits per heavy atom. The molecular formula is C60H40N2O. The number of nitrogens with zero attached hydrogens (tertiary/aromatic N) is 2. The lowest BCUT2D eigenvalue weighted by atomic mass is 9.97. The van der Waals surface area contributed by atoms with Crippen LogP contribution >= 0.6 is 0 Å². The lowest BCUT2D eigenvalue weighted by Crippen LogP contribution is -2.10. The standard InChI is InChI=1S/C60H40N2O/c1-2-15-41(16-3-1)42-31-33-43(34-32-42)46-18-13-20-49(40-46)61(57-28-14-30-59-60(57)53-24-7-11-29-58(53)63-59)48-37-35-44(36-38-48)45-17-12-19-47(39-45)50-21-4-8-25-54(50)62-55-26-9-5-22-51(55)52-23-6-10-27-56(52)62/h1-40H. The fourth-order valence-corrected chi connectivity index (χ4v) is 9.44. The predicted octanol–water partition coefficient (Wildman–Crippen LogP) is 16.8. The molecular weight excluding hydrogens is 765 g/mol. The van der Waals surface area contributed by atoms with E-state index in [1.54, 1.807) is 0 Å². The monoisotopic (exact) mass is 804 g/mol. The van der Waals surface area contributed by atoms with Crippen LogP contribution in [0, 0.1) is 0 Å². The van der Waals surface area contributed by atoms with E-state index in [1.165, 1.54) is 49.6 Å². The number of hydrogen-bond donors (Lipinski definition) is 0. The number of para-hydroxylation sites is 4. The minimum Gasteiger partial charge on any atom is -0.456 e. The van der Waals surface area contributed by atoms with E-state index < -0.39 is 0 Å². The van der Waals surface area contributed by atoms with Gasteiger partial charge in [0, 0.05) is 33.1 Å². The Hall–Kier alpha value is -8.40. The van der Waals surface area contributed by atoms with Gasteiger partial charge in [-0.15, -0.1) is 0 Å². The minimum atomic E-state index is 0.862. The lowest BCUT2D eigenvalue weighted by molar-refractivity contribution is 0.669. The predicted molar refractivity (Wildman–Crippen MR) is 264 cm³/mol. The summed E-state index contributed by atoms with van der Waals surface area (Å²) in [5.41, 5.74) is 17.9. The third-order valence-electron chi connectivity index (χ3n) is 12.4. The summed E-state index contributed by atoms with van der Waals surface area (Å²) in [5.74, 6) is 0. The molecule has 0 unspecified atom stereocenters. The van der Waals surface area contributed by atoms with Gasteiger partial charge in [-0.05, 0) is 106 Å². The molecule has 0 fully saturated rings. The maximum absolute atomic E-state index is 6.43. The molecule has 0 radical (unpaired) electrons. The van der Waals surface area contributed by atoms with Crippen molar-refractivity contribution in [3.63, 3.8) is 0 Å². The average Bonchev–Trinajstić information content (AvgIpc) is 3.91. The van der Waals surface area contributed by atoms with Crippen molar-refractivity contribution in [1.29, 1.82) is 0 Å². The number of furan rings is 1. The summed E-state index contributed by atoms with van der Waals surface area (Å²) < 4.78 is 8.84. The van der Waals surface area contributed by atoms with E-state index in [-0.39, 0.29) is 0 Å². The molecule has 0 atom stereocenters. The summed E-state index contributed by atoms with van der Waals surface area (Å²) in [7, 11) is 0. The molecule has 0 amide bonds. The molecule has 63 heavy (non-hydrogen) atoms. The molecule has 0 N–H and O–H groups in total. The summed E-state index contributed by atoms with van der Waals surface area (Å²) in [5, 5.41) is 4.69. The molecule has 12 rings (SSSR count). The van der Waals surface area contributed by atoms with Gasteiger partial charge in [-0.3, -0.25) is 0 Å². The van der Waals surface area contributed by atoms with Crippen LogP contribution in [-0.2, 0) is 0 Å². The van der Waals surface area contributed by atoms with Crippen molar-refractivity contribution in [2.45, 2.75) is 0 Å². The number of rotatable bonds is 8. The highest BCUT2D eigenvalue weighted by molar-refractivity contribution is 6.13. The van der Waals surface area contributed by atoms with E-state index in [1.807, 2.05) is 12.1 Å². The molecule has 0 aliphatic rings. The first-order chi connectivity index (χ1) is 31.2. The first-order valence-electron chi connectivity index (χ1n) is 21.5. The van der Waals surface area contributed by atoms with Crippen LogP contribution < -0.4 is 4.90 Å². The number of hydrogen-bond acceptors (Lipinski definition) is 2. The Kier molecular flexibility index (Phi) is 8.83. The lowest BCUT2D eigenvalue weighted by Gasteiger charge is -2.27. The van der Waals surface area contributed by atoms with Crippen LogP contribution in [0.4, 0.5) is 17.1 Å². The summed E-state index contributed by atoms with van der Waals surface area (Å²) in [4.78, 5) is 2.37. The maximum atomic E-state index is 6.43. The zero-order valence-electron chi connectivity index (χ0n) is 34.4. The minimum absolute atomic E-state index is 0.862. The number of benzene rings is 10. The third kappa shape index (κ3) is 6.38. The van der Waals surface area contributed by atoms with Crippen molar-refractivity contribution in [1.82, 2.24) is 4.57 Å². The van der Waals surface area contributed by atoms with E-state index in [2.05, 4.69) is 240 Å². The Labute approximate surface area is 366 Å². The Morgan fingerprint density at radius 3 is 1.57 bits per heavy atom. The van der Waals surface area contributed by atoms with Crippen molar-refractivity contribution in [2.24, 2.45) is 0 Å². The second kappa shape index (κ2) is 15.3. The Bertz CT molecular complexity index is 3560. The van der Waals surface area contributed by atoms with Crippen molar-refractivity contribution in [2.75, 3.05) is 4.90 Å². The molecule has 296 valence electrons. The van der Waals surface area contributed by atoms with E-state index >= 15 is 0 Å². The average molecular weight is 805 g/mol. The van der Waals surface area contributed by atoms with E-state index in [9.17, 15) is 0 Å². The van der Waals surface area contributed by atoms with Gasteiger partial charge in [-0.25, -0.2) is 0 Å². The number of aromatic nitrogens is 1. The number of anilines is 3. The fraction of sp³-hybridized carbons (Fsp3) is 0. The van der Waals surface area contributed by atoms with Gasteiger partial charge >= 0.3 is 0 Å². The highest BCUT2D eigenvalue weighted by Gasteiger charge is 2.21. The van der Waals surface area contributed by atoms with Gasteiger partial charge in [0.2, 0.25) is 0 Å². The summed E-state index contributed by atoms with van der Waals surface area (Å²) in [6.07, 6.45) is 0. The van der Waals surface area contributed by atoms with E-state index in [4.69, 9.17) is 4.42 Å². The largest absolute Gasteiger partial charge is 0.456 e. The summed E-state index contributed by atoms with van der Waals surface area (Å²) >= 11 is 0. The zero-order chi connectivity index (χ0) is 41.7. The van der Waals surface area contributed by atoms with Crippen LogP contribution in [-0.4, -0.2) is 4.57 Å². The summed E-state index contributed by atoms with van der Waals surface area (Å²) in [6, 6.07) is 87.1. The fourth-order valence-electron chi connectivity index (χ4n) is 9.44. The molecule has 2 heterocycles. The van der Waals surface area contributed by atoms with Gasteiger partial charge in [0.05, 0.1) is 27.8 Å². The van der Waals surface area contributed by atoms with Crippen LogP contribution in [0.3, 0.4) is 0 Å². The molecule has 0 aliphatic heterocycles. The Balaban J connectivity index is 0.949. The molecule has 2 aromatic heterocycles. The van der Waals surface area contributed by atoms with Crippen LogP contribution in [0.5, 0.6) is 0 Å². The van der Waals surface area contributed by atoms with E-state index in [0.29, 0.717) is 0 Å². The van der Waals surface area contributed by atoms with Crippen LogP contribution in [0.15, 0.2) is 247 Å². The quantitative estimate of drug-likeness (QED) is 0.153. The van der Waals surface area contributed by atoms with Crippen LogP contribution in [0.2, 0.25) is 0 Å². The van der Waals surface area contributed by atoms with Crippen LogP contribution in [0.1, 0.15) is 0 Å². The second-order valence-electron chi connectivity index (χ2n) is 16.1. The topological polar surface area (TPSA) is 21.3 Å². The molecule has 0 bridgehead atoms. The zero-order valence-corrected chi connectivity index (χ0v) is 34.4. The molecule has 3 heteroatoms. The Morgan fingerprint density at radius 2 is 0.825 bits per heavy atom. The van der Waals surface area contributed by atoms with E-state index in [0.717, 1.165) is 61.4 Å². The molecule has 0 aliphatic carbocycles. The molecule has 12 aromatic rings. The van der Waals surface area contributed by atoms with Gasteiger partial charge in [-0.2, -0.15) is 0 Å².